The van der Waals surface area contributed by atoms with E-state index in [1.807, 2.05) is 31.2 Å². The summed E-state index contributed by atoms with van der Waals surface area (Å²) in [6, 6.07) is 14.1. The summed E-state index contributed by atoms with van der Waals surface area (Å²) in [5.41, 5.74) is 3.45. The highest BCUT2D eigenvalue weighted by atomic mass is 35.5. The van der Waals surface area contributed by atoms with E-state index < -0.39 is 6.04 Å². The fourth-order valence-corrected chi connectivity index (χ4v) is 3.78. The third-order valence-electron chi connectivity index (χ3n) is 5.12. The van der Waals surface area contributed by atoms with Crippen LogP contribution in [-0.4, -0.2) is 30.6 Å². The van der Waals surface area contributed by atoms with Gasteiger partial charge in [-0.3, -0.25) is 14.8 Å². The predicted octanol–water partition coefficient (Wildman–Crippen LogP) is 4.32. The maximum atomic E-state index is 13.4. The second-order valence-corrected chi connectivity index (χ2v) is 7.70. The van der Waals surface area contributed by atoms with E-state index in [-0.39, 0.29) is 5.91 Å². The molecule has 0 aliphatic carbocycles. The summed E-state index contributed by atoms with van der Waals surface area (Å²) in [5, 5.41) is 11.5. The molecule has 0 fully saturated rings. The van der Waals surface area contributed by atoms with Gasteiger partial charge in [0.15, 0.2) is 5.82 Å². The van der Waals surface area contributed by atoms with E-state index in [9.17, 15) is 4.79 Å². The molecular weight excluding hydrogens is 426 g/mol. The van der Waals surface area contributed by atoms with E-state index in [4.69, 9.17) is 16.7 Å². The van der Waals surface area contributed by atoms with Gasteiger partial charge in [-0.2, -0.15) is 4.98 Å². The Bertz CT molecular complexity index is 1300. The monoisotopic (exact) mass is 443 g/mol. The Morgan fingerprint density at radius 2 is 1.81 bits per heavy atom. The van der Waals surface area contributed by atoms with Gasteiger partial charge in [0.05, 0.1) is 17.5 Å². The molecule has 0 saturated carbocycles. The highest BCUT2D eigenvalue weighted by Gasteiger charge is 2.34. The summed E-state index contributed by atoms with van der Waals surface area (Å²) in [5.74, 6) is 0.799. The first-order valence-electron chi connectivity index (χ1n) is 9.92. The minimum absolute atomic E-state index is 0.257. The maximum absolute atomic E-state index is 13.4. The minimum Gasteiger partial charge on any atom is -0.328 e. The van der Waals surface area contributed by atoms with Gasteiger partial charge < -0.3 is 10.6 Å². The van der Waals surface area contributed by atoms with Crippen LogP contribution in [-0.2, 0) is 4.79 Å². The van der Waals surface area contributed by atoms with Crippen molar-refractivity contribution in [2.24, 2.45) is 0 Å². The second-order valence-electron chi connectivity index (χ2n) is 7.26. The van der Waals surface area contributed by atoms with Crippen molar-refractivity contribution in [1.82, 2.24) is 24.7 Å². The van der Waals surface area contributed by atoms with Gasteiger partial charge in [-0.25, -0.2) is 4.68 Å². The Balaban J connectivity index is 1.60. The van der Waals surface area contributed by atoms with E-state index in [0.717, 1.165) is 11.1 Å². The lowest BCUT2D eigenvalue weighted by atomic mass is 9.95. The van der Waals surface area contributed by atoms with Crippen molar-refractivity contribution >= 4 is 29.1 Å². The highest BCUT2D eigenvalue weighted by Crippen LogP contribution is 2.37. The predicted molar refractivity (Wildman–Crippen MR) is 122 cm³/mol. The minimum atomic E-state index is -0.502. The van der Waals surface area contributed by atoms with Crippen LogP contribution in [0, 0.1) is 0 Å². The number of carbonyl (C=O) groups is 1. The molecule has 8 nitrogen and oxygen atoms in total. The summed E-state index contributed by atoms with van der Waals surface area (Å²) in [4.78, 5) is 26.2. The van der Waals surface area contributed by atoms with E-state index in [1.165, 1.54) is 0 Å². The van der Waals surface area contributed by atoms with E-state index in [2.05, 4.69) is 25.6 Å². The number of fused-ring (bicyclic) bond motifs is 1. The van der Waals surface area contributed by atoms with Gasteiger partial charge in [0.1, 0.15) is 6.04 Å². The quantitative estimate of drug-likeness (QED) is 0.487. The Kier molecular flexibility index (Phi) is 5.12. The molecule has 1 unspecified atom stereocenters. The van der Waals surface area contributed by atoms with Crippen LogP contribution in [0.2, 0.25) is 5.02 Å². The van der Waals surface area contributed by atoms with Gasteiger partial charge in [-0.1, -0.05) is 23.7 Å². The van der Waals surface area contributed by atoms with Gasteiger partial charge in [0.2, 0.25) is 5.95 Å². The largest absolute Gasteiger partial charge is 0.328 e. The average molecular weight is 444 g/mol. The van der Waals surface area contributed by atoms with Crippen LogP contribution in [0.3, 0.4) is 0 Å². The number of hydrogen-bond acceptors (Lipinski definition) is 6. The number of anilines is 2. The van der Waals surface area contributed by atoms with E-state index in [1.54, 1.807) is 53.7 Å². The molecule has 2 N–H and O–H groups in total. The van der Waals surface area contributed by atoms with Crippen LogP contribution in [0.1, 0.15) is 18.5 Å². The molecule has 9 heteroatoms. The van der Waals surface area contributed by atoms with Gasteiger partial charge in [-0.15, -0.1) is 5.10 Å². The summed E-state index contributed by atoms with van der Waals surface area (Å²) in [7, 11) is 0. The number of hydrogen-bond donors (Lipinski definition) is 2. The number of benzene rings is 1. The Hall–Kier alpha value is -4.04. The number of rotatable bonds is 4. The molecule has 5 rings (SSSR count). The van der Waals surface area contributed by atoms with Gasteiger partial charge >= 0.3 is 0 Å². The third-order valence-corrected chi connectivity index (χ3v) is 5.37. The fraction of sp³-hybridized carbons (Fsp3) is 0.0870. The van der Waals surface area contributed by atoms with E-state index in [0.29, 0.717) is 33.8 Å². The number of nitrogens with one attached hydrogen (secondary N) is 2. The topological polar surface area (TPSA) is 97.6 Å². The molecule has 0 bridgehead atoms. The number of carbonyl (C=O) groups excluding carboxylic acids is 1. The molecule has 158 valence electrons. The van der Waals surface area contributed by atoms with Crippen LogP contribution in [0.5, 0.6) is 0 Å². The molecule has 0 saturated heterocycles. The van der Waals surface area contributed by atoms with Crippen molar-refractivity contribution in [3.8, 4) is 11.4 Å². The Morgan fingerprint density at radius 1 is 1.06 bits per heavy atom. The zero-order valence-corrected chi connectivity index (χ0v) is 17.8. The number of aromatic nitrogens is 5. The average Bonchev–Trinajstić information content (AvgIpc) is 3.23. The third kappa shape index (κ3) is 3.72. The first-order valence-corrected chi connectivity index (χ1v) is 10.3. The normalized spacial score (nSPS) is 15.1. The molecule has 0 radical (unpaired) electrons. The smallest absolute Gasteiger partial charge is 0.255 e. The van der Waals surface area contributed by atoms with Crippen molar-refractivity contribution in [3.05, 3.63) is 95.2 Å². The lowest BCUT2D eigenvalue weighted by Gasteiger charge is -2.28. The van der Waals surface area contributed by atoms with Crippen molar-refractivity contribution in [2.45, 2.75) is 13.0 Å². The fourth-order valence-electron chi connectivity index (χ4n) is 3.65. The molecule has 1 aliphatic rings. The molecule has 1 amide bonds. The van der Waals surface area contributed by atoms with Crippen LogP contribution in [0.4, 0.5) is 11.6 Å². The maximum Gasteiger partial charge on any atom is 0.255 e. The molecule has 1 atom stereocenters. The molecule has 32 heavy (non-hydrogen) atoms. The van der Waals surface area contributed by atoms with Gasteiger partial charge in [0, 0.05) is 34.9 Å². The first kappa shape index (κ1) is 19.9. The number of pyridine rings is 2. The number of halogens is 1. The van der Waals surface area contributed by atoms with Crippen LogP contribution >= 0.6 is 11.6 Å². The highest BCUT2D eigenvalue weighted by molar-refractivity contribution is 6.30. The molecule has 1 aromatic carbocycles. The number of allylic oxidation sites excluding steroid dienone is 1. The SMILES string of the molecule is CC1=C(C(=O)Nc2cccnc2)C(c2ccc(Cl)cc2)n2nc(-c3cccnc3)nc2N1. The van der Waals surface area contributed by atoms with Crippen LogP contribution < -0.4 is 10.6 Å². The molecule has 3 aromatic heterocycles. The van der Waals surface area contributed by atoms with Crippen molar-refractivity contribution in [3.63, 3.8) is 0 Å². The lowest BCUT2D eigenvalue weighted by molar-refractivity contribution is -0.113. The van der Waals surface area contributed by atoms with Crippen molar-refractivity contribution in [1.29, 1.82) is 0 Å². The zero-order chi connectivity index (χ0) is 22.1. The molecule has 0 spiro atoms. The van der Waals surface area contributed by atoms with Crippen molar-refractivity contribution < 1.29 is 4.79 Å². The van der Waals surface area contributed by atoms with Gasteiger partial charge in [-0.05, 0) is 48.9 Å². The van der Waals surface area contributed by atoms with E-state index >= 15 is 0 Å². The summed E-state index contributed by atoms with van der Waals surface area (Å²) in [6.07, 6.45) is 6.65. The number of amides is 1. The van der Waals surface area contributed by atoms with Crippen LogP contribution in [0.15, 0.2) is 84.6 Å². The molecule has 4 aromatic rings. The van der Waals surface area contributed by atoms with Crippen LogP contribution in [0.25, 0.3) is 11.4 Å². The summed E-state index contributed by atoms with van der Waals surface area (Å²) >= 11 is 6.12. The van der Waals surface area contributed by atoms with Crippen molar-refractivity contribution in [2.75, 3.05) is 10.6 Å². The number of nitrogens with zero attached hydrogens (tertiary/aromatic N) is 5. The molecular formula is C23H18ClN7O. The van der Waals surface area contributed by atoms with Gasteiger partial charge in [0.25, 0.3) is 5.91 Å². The standard InChI is InChI=1S/C23H18ClN7O/c1-14-19(22(32)28-18-5-3-11-26-13-18)20(15-6-8-17(24)9-7-15)31-23(27-14)29-21(30-31)16-4-2-10-25-12-16/h2-13,20H,1H3,(H,28,32)(H,27,29,30). The molecule has 1 aliphatic heterocycles. The lowest BCUT2D eigenvalue weighted by Crippen LogP contribution is -2.31. The first-order chi connectivity index (χ1) is 15.6. The summed E-state index contributed by atoms with van der Waals surface area (Å²) < 4.78 is 1.72. The Morgan fingerprint density at radius 3 is 2.50 bits per heavy atom. The second kappa shape index (κ2) is 8.24. The zero-order valence-electron chi connectivity index (χ0n) is 17.0. The molecule has 4 heterocycles. The summed E-state index contributed by atoms with van der Waals surface area (Å²) in [6.45, 7) is 1.85. The Labute approximate surface area is 189 Å².